The molecular weight excluding hydrogens is 254 g/mol. The minimum atomic E-state index is -0.448. The molecule has 0 aliphatic heterocycles. The van der Waals surface area contributed by atoms with Gasteiger partial charge in [-0.3, -0.25) is 9.89 Å². The molecule has 0 saturated carbocycles. The van der Waals surface area contributed by atoms with Gasteiger partial charge in [0.1, 0.15) is 5.69 Å². The van der Waals surface area contributed by atoms with Gasteiger partial charge in [0.2, 0.25) is 0 Å². The second-order valence-electron chi connectivity index (χ2n) is 3.46. The highest BCUT2D eigenvalue weighted by atomic mass is 35.5. The molecule has 90 valence electrons. The van der Waals surface area contributed by atoms with Gasteiger partial charge < -0.3 is 11.1 Å². The lowest BCUT2D eigenvalue weighted by molar-refractivity contribution is 0.102. The zero-order valence-electron chi connectivity index (χ0n) is 9.07. The molecule has 1 aromatic carbocycles. The highest BCUT2D eigenvalue weighted by molar-refractivity contribution is 6.34. The van der Waals surface area contributed by atoms with Crippen molar-refractivity contribution in [3.63, 3.8) is 0 Å². The van der Waals surface area contributed by atoms with Crippen molar-refractivity contribution in [2.45, 2.75) is 0 Å². The number of hydrogen-bond donors (Lipinski definition) is 3. The first-order valence-electron chi connectivity index (χ1n) is 4.91. The van der Waals surface area contributed by atoms with E-state index in [9.17, 15) is 4.79 Å². The number of amides is 1. The Morgan fingerprint density at radius 1 is 1.56 bits per heavy atom. The predicted molar refractivity (Wildman–Crippen MR) is 67.1 cm³/mol. The fraction of sp³-hybridized carbons (Fsp3) is 0. The van der Waals surface area contributed by atoms with E-state index in [1.807, 2.05) is 6.07 Å². The Morgan fingerprint density at radius 3 is 2.89 bits per heavy atom. The zero-order chi connectivity index (χ0) is 13.1. The molecule has 0 fully saturated rings. The number of nitrogens with two attached hydrogens (primary N) is 1. The highest BCUT2D eigenvalue weighted by Gasteiger charge is 2.13. The predicted octanol–water partition coefficient (Wildman–Crippen LogP) is 1.77. The quantitative estimate of drug-likeness (QED) is 0.765. The van der Waals surface area contributed by atoms with Gasteiger partial charge in [0, 0.05) is 0 Å². The molecule has 0 aliphatic carbocycles. The van der Waals surface area contributed by atoms with Crippen LogP contribution >= 0.6 is 11.6 Å². The maximum Gasteiger partial charge on any atom is 0.275 e. The van der Waals surface area contributed by atoms with Gasteiger partial charge in [-0.15, -0.1) is 0 Å². The van der Waals surface area contributed by atoms with E-state index < -0.39 is 5.91 Å². The van der Waals surface area contributed by atoms with Gasteiger partial charge in [0.15, 0.2) is 0 Å². The Balaban J connectivity index is 2.23. The normalized spacial score (nSPS) is 9.78. The second-order valence-corrected chi connectivity index (χ2v) is 3.87. The van der Waals surface area contributed by atoms with Crippen LogP contribution in [0.4, 0.5) is 11.4 Å². The minimum absolute atomic E-state index is 0.162. The SMILES string of the molecule is N#Cc1ccc(NC(=O)c2[nH]ncc2N)c(Cl)c1. The molecule has 2 rings (SSSR count). The first kappa shape index (κ1) is 12.0. The van der Waals surface area contributed by atoms with Gasteiger partial charge in [-0.1, -0.05) is 11.6 Å². The van der Waals surface area contributed by atoms with Gasteiger partial charge in [-0.2, -0.15) is 10.4 Å². The largest absolute Gasteiger partial charge is 0.396 e. The Hall–Kier alpha value is -2.52. The Labute approximate surface area is 107 Å². The Morgan fingerprint density at radius 2 is 2.33 bits per heavy atom. The smallest absolute Gasteiger partial charge is 0.275 e. The van der Waals surface area contributed by atoms with E-state index >= 15 is 0 Å². The summed E-state index contributed by atoms with van der Waals surface area (Å²) < 4.78 is 0. The Kier molecular flexibility index (Phi) is 3.17. The summed E-state index contributed by atoms with van der Waals surface area (Å²) in [7, 11) is 0. The van der Waals surface area contributed by atoms with Crippen molar-refractivity contribution in [2.24, 2.45) is 0 Å². The summed E-state index contributed by atoms with van der Waals surface area (Å²) in [5.74, 6) is -0.448. The van der Waals surface area contributed by atoms with Crippen LogP contribution in [-0.2, 0) is 0 Å². The summed E-state index contributed by atoms with van der Waals surface area (Å²) in [5, 5.41) is 17.7. The van der Waals surface area contributed by atoms with Crippen molar-refractivity contribution >= 4 is 28.9 Å². The first-order valence-corrected chi connectivity index (χ1v) is 5.29. The van der Waals surface area contributed by atoms with Crippen molar-refractivity contribution in [1.82, 2.24) is 10.2 Å². The van der Waals surface area contributed by atoms with Crippen molar-refractivity contribution < 1.29 is 4.79 Å². The van der Waals surface area contributed by atoms with Crippen LogP contribution in [0.1, 0.15) is 16.1 Å². The number of nitriles is 1. The third-order valence-electron chi connectivity index (χ3n) is 2.24. The number of anilines is 2. The summed E-state index contributed by atoms with van der Waals surface area (Å²) in [4.78, 5) is 11.8. The molecular formula is C11H8ClN5O. The van der Waals surface area contributed by atoms with Crippen LogP contribution in [-0.4, -0.2) is 16.1 Å². The summed E-state index contributed by atoms with van der Waals surface area (Å²) in [6.45, 7) is 0. The van der Waals surface area contributed by atoms with Crippen LogP contribution in [0.2, 0.25) is 5.02 Å². The fourth-order valence-electron chi connectivity index (χ4n) is 1.35. The average molecular weight is 262 g/mol. The molecule has 1 amide bonds. The number of benzene rings is 1. The zero-order valence-corrected chi connectivity index (χ0v) is 9.82. The van der Waals surface area contributed by atoms with Gasteiger partial charge in [-0.25, -0.2) is 0 Å². The van der Waals surface area contributed by atoms with E-state index in [2.05, 4.69) is 15.5 Å². The number of nitrogens with one attached hydrogen (secondary N) is 2. The molecule has 0 radical (unpaired) electrons. The maximum atomic E-state index is 11.8. The number of nitrogen functional groups attached to an aromatic ring is 1. The van der Waals surface area contributed by atoms with Crippen LogP contribution in [0, 0.1) is 11.3 Å². The van der Waals surface area contributed by atoms with E-state index in [-0.39, 0.29) is 16.4 Å². The first-order chi connectivity index (χ1) is 8.61. The molecule has 0 saturated heterocycles. The molecule has 0 aliphatic rings. The molecule has 0 spiro atoms. The lowest BCUT2D eigenvalue weighted by atomic mass is 10.2. The number of H-pyrrole nitrogens is 1. The fourth-order valence-corrected chi connectivity index (χ4v) is 1.58. The lowest BCUT2D eigenvalue weighted by Gasteiger charge is -2.06. The highest BCUT2D eigenvalue weighted by Crippen LogP contribution is 2.23. The summed E-state index contributed by atoms with van der Waals surface area (Å²) in [5.41, 5.74) is 6.77. The van der Waals surface area contributed by atoms with Crippen LogP contribution in [0.3, 0.4) is 0 Å². The second kappa shape index (κ2) is 4.77. The molecule has 0 atom stereocenters. The lowest BCUT2D eigenvalue weighted by Crippen LogP contribution is -2.14. The van der Waals surface area contributed by atoms with Gasteiger partial charge in [0.25, 0.3) is 5.91 Å². The molecule has 7 heteroatoms. The van der Waals surface area contributed by atoms with E-state index in [0.29, 0.717) is 11.3 Å². The third kappa shape index (κ3) is 2.26. The maximum absolute atomic E-state index is 11.8. The standard InChI is InChI=1S/C11H8ClN5O/c12-7-3-6(4-13)1-2-9(7)16-11(18)10-8(14)5-15-17-10/h1-3,5H,14H2,(H,15,17)(H,16,18). The Bertz CT molecular complexity index is 643. The number of aromatic nitrogens is 2. The summed E-state index contributed by atoms with van der Waals surface area (Å²) in [6, 6.07) is 6.52. The number of hydrogen-bond acceptors (Lipinski definition) is 4. The molecule has 0 bridgehead atoms. The number of carbonyl (C=O) groups excluding carboxylic acids is 1. The number of halogens is 1. The molecule has 2 aromatic rings. The van der Waals surface area contributed by atoms with Crippen molar-refractivity contribution in [3.05, 3.63) is 40.7 Å². The minimum Gasteiger partial charge on any atom is -0.396 e. The van der Waals surface area contributed by atoms with Gasteiger partial charge in [-0.05, 0) is 18.2 Å². The number of aromatic amines is 1. The van der Waals surface area contributed by atoms with Crippen molar-refractivity contribution in [3.8, 4) is 6.07 Å². The molecule has 1 heterocycles. The molecule has 6 nitrogen and oxygen atoms in total. The molecule has 4 N–H and O–H groups in total. The number of nitrogens with zero attached hydrogens (tertiary/aromatic N) is 2. The van der Waals surface area contributed by atoms with E-state index in [0.717, 1.165) is 0 Å². The number of rotatable bonds is 2. The van der Waals surface area contributed by atoms with Crippen LogP contribution in [0.15, 0.2) is 24.4 Å². The summed E-state index contributed by atoms with van der Waals surface area (Å²) >= 11 is 5.93. The molecule has 0 unspecified atom stereocenters. The summed E-state index contributed by atoms with van der Waals surface area (Å²) in [6.07, 6.45) is 1.34. The third-order valence-corrected chi connectivity index (χ3v) is 2.55. The van der Waals surface area contributed by atoms with Gasteiger partial charge >= 0.3 is 0 Å². The van der Waals surface area contributed by atoms with Crippen LogP contribution in [0.5, 0.6) is 0 Å². The van der Waals surface area contributed by atoms with Crippen molar-refractivity contribution in [1.29, 1.82) is 5.26 Å². The monoisotopic (exact) mass is 261 g/mol. The van der Waals surface area contributed by atoms with Crippen LogP contribution < -0.4 is 11.1 Å². The van der Waals surface area contributed by atoms with Crippen LogP contribution in [0.25, 0.3) is 0 Å². The number of carbonyl (C=O) groups is 1. The van der Waals surface area contributed by atoms with E-state index in [1.165, 1.54) is 12.3 Å². The van der Waals surface area contributed by atoms with E-state index in [4.69, 9.17) is 22.6 Å². The molecule has 1 aromatic heterocycles. The average Bonchev–Trinajstić information content (AvgIpc) is 2.78. The van der Waals surface area contributed by atoms with Crippen molar-refractivity contribution in [2.75, 3.05) is 11.1 Å². The molecule has 18 heavy (non-hydrogen) atoms. The van der Waals surface area contributed by atoms with Gasteiger partial charge in [0.05, 0.1) is 34.2 Å². The van der Waals surface area contributed by atoms with E-state index in [1.54, 1.807) is 12.1 Å². The topological polar surface area (TPSA) is 108 Å².